The predicted molar refractivity (Wildman–Crippen MR) is 100 cm³/mol. The van der Waals surface area contributed by atoms with Gasteiger partial charge in [0.25, 0.3) is 0 Å². The van der Waals surface area contributed by atoms with Crippen LogP contribution in [-0.2, 0) is 0 Å². The lowest BCUT2D eigenvalue weighted by atomic mass is 9.77. The van der Waals surface area contributed by atoms with Crippen LogP contribution in [0.1, 0.15) is 96.0 Å². The number of unbranched alkanes of at least 4 members (excludes halogenated alkanes) is 4. The van der Waals surface area contributed by atoms with Crippen LogP contribution in [0.5, 0.6) is 5.75 Å². The molecule has 0 N–H and O–H groups in total. The van der Waals surface area contributed by atoms with Crippen molar-refractivity contribution in [3.8, 4) is 5.75 Å². The maximum absolute atomic E-state index is 14.3. The highest BCUT2D eigenvalue weighted by Gasteiger charge is 2.22. The average Bonchev–Trinajstić information content (AvgIpc) is 2.61. The summed E-state index contributed by atoms with van der Waals surface area (Å²) < 4.78 is 19.8. The predicted octanol–water partition coefficient (Wildman–Crippen LogP) is 7.25. The molecule has 0 unspecified atom stereocenters. The van der Waals surface area contributed by atoms with Crippen LogP contribution >= 0.6 is 0 Å². The zero-order chi connectivity index (χ0) is 17.2. The molecular formula is C22H35FO. The molecule has 0 amide bonds. The van der Waals surface area contributed by atoms with Gasteiger partial charge in [-0.1, -0.05) is 58.4 Å². The zero-order valence-corrected chi connectivity index (χ0v) is 15.7. The van der Waals surface area contributed by atoms with Gasteiger partial charge >= 0.3 is 0 Å². The third-order valence-corrected chi connectivity index (χ3v) is 5.50. The summed E-state index contributed by atoms with van der Waals surface area (Å²) in [5, 5.41) is 0. The van der Waals surface area contributed by atoms with Gasteiger partial charge in [-0.15, -0.1) is 0 Å². The fourth-order valence-corrected chi connectivity index (χ4v) is 3.89. The maximum Gasteiger partial charge on any atom is 0.165 e. The molecule has 24 heavy (non-hydrogen) atoms. The van der Waals surface area contributed by atoms with Gasteiger partial charge in [-0.3, -0.25) is 0 Å². The Morgan fingerprint density at radius 1 is 0.958 bits per heavy atom. The summed E-state index contributed by atoms with van der Waals surface area (Å²) in [7, 11) is 0. The zero-order valence-electron chi connectivity index (χ0n) is 15.7. The van der Waals surface area contributed by atoms with Crippen LogP contribution in [-0.4, -0.2) is 6.61 Å². The van der Waals surface area contributed by atoms with Gasteiger partial charge in [-0.25, -0.2) is 4.39 Å². The standard InChI is InChI=1S/C22H35FO/c1-3-5-7-9-18-10-12-19(13-11-18)20-14-15-22(21(23)17-20)24-16-8-6-4-2/h14-15,17-19H,3-13,16H2,1-2H3/t18-,19-. The highest BCUT2D eigenvalue weighted by Crippen LogP contribution is 2.38. The lowest BCUT2D eigenvalue weighted by Gasteiger charge is -2.29. The van der Waals surface area contributed by atoms with E-state index in [2.05, 4.69) is 19.9 Å². The number of hydrogen-bond donors (Lipinski definition) is 0. The largest absolute Gasteiger partial charge is 0.491 e. The number of hydrogen-bond acceptors (Lipinski definition) is 1. The maximum atomic E-state index is 14.3. The van der Waals surface area contributed by atoms with E-state index in [1.54, 1.807) is 6.07 Å². The molecular weight excluding hydrogens is 299 g/mol. The first-order valence-corrected chi connectivity index (χ1v) is 10.2. The summed E-state index contributed by atoms with van der Waals surface area (Å²) in [5.41, 5.74) is 1.17. The summed E-state index contributed by atoms with van der Waals surface area (Å²) in [6.07, 6.45) is 13.8. The van der Waals surface area contributed by atoms with Crippen LogP contribution in [0.15, 0.2) is 18.2 Å². The first kappa shape index (κ1) is 19.3. The molecule has 1 aliphatic rings. The molecule has 1 aromatic rings. The van der Waals surface area contributed by atoms with Gasteiger partial charge in [-0.05, 0) is 61.6 Å². The van der Waals surface area contributed by atoms with E-state index in [4.69, 9.17) is 4.74 Å². The van der Waals surface area contributed by atoms with E-state index in [0.29, 0.717) is 18.3 Å². The Labute approximate surface area is 148 Å². The van der Waals surface area contributed by atoms with Crippen molar-refractivity contribution in [2.24, 2.45) is 5.92 Å². The Hall–Kier alpha value is -1.05. The van der Waals surface area contributed by atoms with E-state index in [1.807, 2.05) is 6.07 Å². The SMILES string of the molecule is CCCCCOc1ccc([C@H]2CC[C@H](CCCCC)CC2)cc1F. The minimum atomic E-state index is -0.186. The molecule has 0 aromatic heterocycles. The molecule has 136 valence electrons. The van der Waals surface area contributed by atoms with Gasteiger partial charge in [0.2, 0.25) is 0 Å². The number of rotatable bonds is 10. The molecule has 1 aliphatic carbocycles. The summed E-state index contributed by atoms with van der Waals surface area (Å²) >= 11 is 0. The molecule has 0 radical (unpaired) electrons. The highest BCUT2D eigenvalue weighted by molar-refractivity contribution is 5.31. The van der Waals surface area contributed by atoms with E-state index in [9.17, 15) is 4.39 Å². The van der Waals surface area contributed by atoms with Gasteiger partial charge in [0.1, 0.15) is 0 Å². The second-order valence-electron chi connectivity index (χ2n) is 7.46. The van der Waals surface area contributed by atoms with Crippen molar-refractivity contribution >= 4 is 0 Å². The third kappa shape index (κ3) is 6.11. The molecule has 0 saturated heterocycles. The first-order valence-electron chi connectivity index (χ1n) is 10.2. The van der Waals surface area contributed by atoms with E-state index >= 15 is 0 Å². The van der Waals surface area contributed by atoms with Crippen LogP contribution in [0.2, 0.25) is 0 Å². The summed E-state index contributed by atoms with van der Waals surface area (Å²) in [6.45, 7) is 5.05. The van der Waals surface area contributed by atoms with Gasteiger partial charge in [0.05, 0.1) is 6.61 Å². The average molecular weight is 335 g/mol. The second-order valence-corrected chi connectivity index (χ2v) is 7.46. The fraction of sp³-hybridized carbons (Fsp3) is 0.727. The number of ether oxygens (including phenoxy) is 1. The van der Waals surface area contributed by atoms with Gasteiger partial charge in [0, 0.05) is 0 Å². The molecule has 2 rings (SSSR count). The van der Waals surface area contributed by atoms with Crippen molar-refractivity contribution in [2.75, 3.05) is 6.61 Å². The van der Waals surface area contributed by atoms with Crippen molar-refractivity contribution in [3.63, 3.8) is 0 Å². The van der Waals surface area contributed by atoms with E-state index in [1.165, 1.54) is 56.9 Å². The van der Waals surface area contributed by atoms with Crippen molar-refractivity contribution < 1.29 is 9.13 Å². The summed E-state index contributed by atoms with van der Waals surface area (Å²) in [5.74, 6) is 1.67. The molecule has 1 saturated carbocycles. The summed E-state index contributed by atoms with van der Waals surface area (Å²) in [4.78, 5) is 0. The highest BCUT2D eigenvalue weighted by atomic mass is 19.1. The molecule has 1 nitrogen and oxygen atoms in total. The Morgan fingerprint density at radius 3 is 2.33 bits per heavy atom. The minimum Gasteiger partial charge on any atom is -0.491 e. The van der Waals surface area contributed by atoms with E-state index in [0.717, 1.165) is 25.2 Å². The van der Waals surface area contributed by atoms with Gasteiger partial charge in [0.15, 0.2) is 11.6 Å². The lowest BCUT2D eigenvalue weighted by Crippen LogP contribution is -2.13. The second kappa shape index (κ2) is 10.7. The lowest BCUT2D eigenvalue weighted by molar-refractivity contribution is 0.289. The third-order valence-electron chi connectivity index (χ3n) is 5.50. The minimum absolute atomic E-state index is 0.186. The van der Waals surface area contributed by atoms with Crippen LogP contribution in [0, 0.1) is 11.7 Å². The normalized spacial score (nSPS) is 21.0. The van der Waals surface area contributed by atoms with Crippen LogP contribution in [0.3, 0.4) is 0 Å². The molecule has 0 aliphatic heterocycles. The van der Waals surface area contributed by atoms with Crippen molar-refractivity contribution in [2.45, 2.75) is 90.4 Å². The molecule has 0 spiro atoms. The quantitative estimate of drug-likeness (QED) is 0.409. The Kier molecular flexibility index (Phi) is 8.63. The Balaban J connectivity index is 1.79. The molecule has 0 atom stereocenters. The van der Waals surface area contributed by atoms with Crippen LogP contribution in [0.4, 0.5) is 4.39 Å². The first-order chi connectivity index (χ1) is 11.7. The van der Waals surface area contributed by atoms with Gasteiger partial charge < -0.3 is 4.74 Å². The molecule has 1 aromatic carbocycles. The van der Waals surface area contributed by atoms with E-state index in [-0.39, 0.29) is 5.82 Å². The molecule has 1 fully saturated rings. The monoisotopic (exact) mass is 334 g/mol. The molecule has 2 heteroatoms. The van der Waals surface area contributed by atoms with Crippen molar-refractivity contribution in [1.29, 1.82) is 0 Å². The number of halogens is 1. The van der Waals surface area contributed by atoms with Crippen molar-refractivity contribution in [3.05, 3.63) is 29.6 Å². The Morgan fingerprint density at radius 2 is 1.67 bits per heavy atom. The Bertz CT molecular complexity index is 463. The molecule has 0 heterocycles. The fourth-order valence-electron chi connectivity index (χ4n) is 3.89. The smallest absolute Gasteiger partial charge is 0.165 e. The topological polar surface area (TPSA) is 9.23 Å². The van der Waals surface area contributed by atoms with Crippen LogP contribution in [0.25, 0.3) is 0 Å². The van der Waals surface area contributed by atoms with Crippen LogP contribution < -0.4 is 4.74 Å². The van der Waals surface area contributed by atoms with Gasteiger partial charge in [-0.2, -0.15) is 0 Å². The number of benzene rings is 1. The van der Waals surface area contributed by atoms with E-state index < -0.39 is 0 Å². The van der Waals surface area contributed by atoms with Crippen molar-refractivity contribution in [1.82, 2.24) is 0 Å². The molecule has 0 bridgehead atoms. The summed E-state index contributed by atoms with van der Waals surface area (Å²) in [6, 6.07) is 5.64.